The highest BCUT2D eigenvalue weighted by atomic mass is 19.1. The van der Waals surface area contributed by atoms with Gasteiger partial charge in [0, 0.05) is 13.1 Å². The molecule has 0 heterocycles. The van der Waals surface area contributed by atoms with Crippen LogP contribution >= 0.6 is 0 Å². The lowest BCUT2D eigenvalue weighted by Gasteiger charge is -2.16. The van der Waals surface area contributed by atoms with Crippen LogP contribution in [0.15, 0.2) is 54.6 Å². The highest BCUT2D eigenvalue weighted by molar-refractivity contribution is 5.48. The van der Waals surface area contributed by atoms with E-state index in [2.05, 4.69) is 0 Å². The minimum absolute atomic E-state index is 0.275. The molecular formula is C15H13FNO. The smallest absolute Gasteiger partial charge is 0.312 e. The summed E-state index contributed by atoms with van der Waals surface area (Å²) in [4.78, 5) is 12.4. The van der Waals surface area contributed by atoms with Gasteiger partial charge in [0.25, 0.3) is 0 Å². The zero-order valence-corrected chi connectivity index (χ0v) is 9.84. The Morgan fingerprint density at radius 1 is 0.889 bits per heavy atom. The predicted octanol–water partition coefficient (Wildman–Crippen LogP) is 2.90. The number of nitrogens with zero attached hydrogens (tertiary/aromatic N) is 1. The normalized spacial score (nSPS) is 10.1. The lowest BCUT2D eigenvalue weighted by molar-refractivity contribution is 0.368. The largest absolute Gasteiger partial charge is 0.326 e. The molecule has 0 aromatic heterocycles. The Morgan fingerprint density at radius 3 is 2.00 bits per heavy atom. The van der Waals surface area contributed by atoms with Crippen molar-refractivity contribution < 1.29 is 9.18 Å². The third-order valence-electron chi connectivity index (χ3n) is 2.63. The first-order valence-electron chi connectivity index (χ1n) is 5.69. The molecule has 0 saturated heterocycles. The number of benzene rings is 2. The van der Waals surface area contributed by atoms with Crippen LogP contribution in [0.5, 0.6) is 0 Å². The minimum Gasteiger partial charge on any atom is -0.326 e. The Balaban J connectivity index is 2.01. The van der Waals surface area contributed by atoms with Gasteiger partial charge < -0.3 is 4.90 Å². The Kier molecular flexibility index (Phi) is 4.07. The van der Waals surface area contributed by atoms with Crippen LogP contribution in [-0.2, 0) is 17.9 Å². The standard InChI is InChI=1S/C15H13FNO/c16-15-8-6-14(7-9-15)11-17(12-18)10-13-4-2-1-3-5-13/h1-9H,10-11H2. The quantitative estimate of drug-likeness (QED) is 0.738. The van der Waals surface area contributed by atoms with Crippen LogP contribution in [0.1, 0.15) is 11.1 Å². The topological polar surface area (TPSA) is 20.3 Å². The molecule has 1 radical (unpaired) electrons. The molecular weight excluding hydrogens is 229 g/mol. The van der Waals surface area contributed by atoms with E-state index in [0.29, 0.717) is 13.1 Å². The zero-order valence-electron chi connectivity index (χ0n) is 9.84. The molecule has 0 fully saturated rings. The maximum Gasteiger partial charge on any atom is 0.312 e. The molecule has 0 saturated carbocycles. The summed E-state index contributed by atoms with van der Waals surface area (Å²) in [6.07, 6.45) is 1.90. The number of rotatable bonds is 5. The molecule has 1 amide bonds. The first-order chi connectivity index (χ1) is 8.78. The summed E-state index contributed by atoms with van der Waals surface area (Å²) < 4.78 is 12.8. The summed E-state index contributed by atoms with van der Waals surface area (Å²) in [6.45, 7) is 0.931. The van der Waals surface area contributed by atoms with Crippen molar-refractivity contribution in [2.24, 2.45) is 0 Å². The SMILES string of the molecule is O=[C]N(Cc1ccccc1)Cc1ccc(F)cc1. The summed E-state index contributed by atoms with van der Waals surface area (Å²) in [6, 6.07) is 15.8. The van der Waals surface area contributed by atoms with Gasteiger partial charge >= 0.3 is 6.41 Å². The Hall–Kier alpha value is -2.16. The van der Waals surface area contributed by atoms with E-state index in [4.69, 9.17) is 0 Å². The highest BCUT2D eigenvalue weighted by Gasteiger charge is 2.05. The molecule has 0 atom stereocenters. The van der Waals surface area contributed by atoms with Gasteiger partial charge in [-0.05, 0) is 23.3 Å². The molecule has 0 spiro atoms. The molecule has 2 aromatic rings. The van der Waals surface area contributed by atoms with E-state index >= 15 is 0 Å². The summed E-state index contributed by atoms with van der Waals surface area (Å²) in [5.41, 5.74) is 1.93. The molecule has 0 aliphatic carbocycles. The van der Waals surface area contributed by atoms with E-state index < -0.39 is 0 Å². The van der Waals surface area contributed by atoms with Crippen LogP contribution in [0.25, 0.3) is 0 Å². The highest BCUT2D eigenvalue weighted by Crippen LogP contribution is 2.09. The molecule has 2 rings (SSSR count). The second-order valence-electron chi connectivity index (χ2n) is 4.06. The van der Waals surface area contributed by atoms with Gasteiger partial charge in [0.15, 0.2) is 0 Å². The van der Waals surface area contributed by atoms with Crippen molar-refractivity contribution in [2.45, 2.75) is 13.1 Å². The van der Waals surface area contributed by atoms with E-state index in [1.54, 1.807) is 12.1 Å². The van der Waals surface area contributed by atoms with Gasteiger partial charge in [-0.15, -0.1) is 0 Å². The van der Waals surface area contributed by atoms with E-state index in [-0.39, 0.29) is 5.82 Å². The monoisotopic (exact) mass is 242 g/mol. The second kappa shape index (κ2) is 5.96. The number of hydrogen-bond donors (Lipinski definition) is 0. The van der Waals surface area contributed by atoms with Gasteiger partial charge in [0.2, 0.25) is 0 Å². The van der Waals surface area contributed by atoms with E-state index in [1.807, 2.05) is 36.7 Å². The van der Waals surface area contributed by atoms with Crippen molar-refractivity contribution in [3.05, 3.63) is 71.5 Å². The lowest BCUT2D eigenvalue weighted by Crippen LogP contribution is -2.20. The van der Waals surface area contributed by atoms with Crippen LogP contribution in [0.2, 0.25) is 0 Å². The number of carbonyl (C=O) groups excluding carboxylic acids is 1. The molecule has 0 N–H and O–H groups in total. The van der Waals surface area contributed by atoms with Crippen LogP contribution < -0.4 is 0 Å². The Labute approximate surface area is 106 Å². The van der Waals surface area contributed by atoms with Crippen molar-refractivity contribution >= 4 is 6.41 Å². The Bertz CT molecular complexity index is 496. The summed E-state index contributed by atoms with van der Waals surface area (Å²) >= 11 is 0. The van der Waals surface area contributed by atoms with Crippen LogP contribution in [-0.4, -0.2) is 11.3 Å². The van der Waals surface area contributed by atoms with Crippen LogP contribution in [0.4, 0.5) is 4.39 Å². The fourth-order valence-electron chi connectivity index (χ4n) is 1.73. The zero-order chi connectivity index (χ0) is 12.8. The lowest BCUT2D eigenvalue weighted by atomic mass is 10.2. The van der Waals surface area contributed by atoms with Crippen molar-refractivity contribution in [1.82, 2.24) is 4.90 Å². The molecule has 2 nitrogen and oxygen atoms in total. The summed E-state index contributed by atoms with van der Waals surface area (Å²) in [5, 5.41) is 0. The minimum atomic E-state index is -0.275. The van der Waals surface area contributed by atoms with Gasteiger partial charge in [-0.2, -0.15) is 0 Å². The third kappa shape index (κ3) is 3.42. The second-order valence-corrected chi connectivity index (χ2v) is 4.06. The third-order valence-corrected chi connectivity index (χ3v) is 2.63. The molecule has 91 valence electrons. The van der Waals surface area contributed by atoms with Crippen molar-refractivity contribution in [2.75, 3.05) is 0 Å². The van der Waals surface area contributed by atoms with Gasteiger partial charge in [0.05, 0.1) is 0 Å². The average molecular weight is 242 g/mol. The van der Waals surface area contributed by atoms with Gasteiger partial charge in [0.1, 0.15) is 5.82 Å². The number of amides is 1. The molecule has 2 aromatic carbocycles. The predicted molar refractivity (Wildman–Crippen MR) is 67.8 cm³/mol. The fourth-order valence-corrected chi connectivity index (χ4v) is 1.73. The van der Waals surface area contributed by atoms with Crippen molar-refractivity contribution in [1.29, 1.82) is 0 Å². The van der Waals surface area contributed by atoms with Crippen molar-refractivity contribution in [3.63, 3.8) is 0 Å². The van der Waals surface area contributed by atoms with Crippen LogP contribution in [0.3, 0.4) is 0 Å². The molecule has 0 bridgehead atoms. The molecule has 0 aliphatic rings. The van der Waals surface area contributed by atoms with Crippen LogP contribution in [0, 0.1) is 5.82 Å². The fraction of sp³-hybridized carbons (Fsp3) is 0.133. The first kappa shape index (κ1) is 12.3. The molecule has 0 unspecified atom stereocenters. The van der Waals surface area contributed by atoms with Gasteiger partial charge in [-0.1, -0.05) is 42.5 Å². The van der Waals surface area contributed by atoms with E-state index in [9.17, 15) is 9.18 Å². The molecule has 3 heteroatoms. The van der Waals surface area contributed by atoms with Crippen molar-refractivity contribution in [3.8, 4) is 0 Å². The number of halogens is 1. The summed E-state index contributed by atoms with van der Waals surface area (Å²) in [7, 11) is 0. The van der Waals surface area contributed by atoms with Gasteiger partial charge in [-0.3, -0.25) is 4.79 Å². The Morgan fingerprint density at radius 2 is 1.44 bits per heavy atom. The molecule has 18 heavy (non-hydrogen) atoms. The molecule has 0 aliphatic heterocycles. The average Bonchev–Trinajstić information content (AvgIpc) is 2.41. The summed E-state index contributed by atoms with van der Waals surface area (Å²) in [5.74, 6) is -0.275. The van der Waals surface area contributed by atoms with Gasteiger partial charge in [-0.25, -0.2) is 4.39 Å². The van der Waals surface area contributed by atoms with E-state index in [1.165, 1.54) is 17.0 Å². The van der Waals surface area contributed by atoms with E-state index in [0.717, 1.165) is 11.1 Å². The number of hydrogen-bond acceptors (Lipinski definition) is 1. The maximum atomic E-state index is 12.8. The maximum absolute atomic E-state index is 12.8. The first-order valence-corrected chi connectivity index (χ1v) is 5.69.